The van der Waals surface area contributed by atoms with Crippen LogP contribution in [0.2, 0.25) is 6.04 Å². The Morgan fingerprint density at radius 1 is 0.394 bits per heavy atom. The van der Waals surface area contributed by atoms with E-state index >= 15 is 0 Å². The Labute approximate surface area is 423 Å². The second-order valence-corrected chi connectivity index (χ2v) is 24.4. The van der Waals surface area contributed by atoms with Crippen molar-refractivity contribution in [3.8, 4) is 0 Å². The highest BCUT2D eigenvalue weighted by Gasteiger charge is 2.29. The first-order chi connectivity index (χ1) is 32.6. The average molecular weight is 967 g/mol. The van der Waals surface area contributed by atoms with Gasteiger partial charge in [-0.1, -0.05) is 315 Å². The highest BCUT2D eigenvalue weighted by Crippen LogP contribution is 2.26. The third-order valence-electron chi connectivity index (χ3n) is 14.8. The third-order valence-corrected chi connectivity index (χ3v) is 17.9. The summed E-state index contributed by atoms with van der Waals surface area (Å²) >= 11 is 1.56. The van der Waals surface area contributed by atoms with E-state index in [1.807, 2.05) is 0 Å². The zero-order valence-corrected chi connectivity index (χ0v) is 48.2. The molecule has 1 atom stereocenters. The van der Waals surface area contributed by atoms with Crippen LogP contribution < -0.4 is 5.32 Å². The van der Waals surface area contributed by atoms with E-state index in [9.17, 15) is 4.79 Å². The van der Waals surface area contributed by atoms with Crippen molar-refractivity contribution >= 4 is 26.2 Å². The molecule has 6 heteroatoms. The first-order valence-electron chi connectivity index (χ1n) is 30.6. The molecule has 4 nitrogen and oxygen atoms in total. The van der Waals surface area contributed by atoms with Crippen molar-refractivity contribution in [2.75, 3.05) is 26.0 Å². The maximum atomic E-state index is 12.7. The molecule has 0 saturated heterocycles. The van der Waals surface area contributed by atoms with Gasteiger partial charge in [-0.05, 0) is 45.7 Å². The van der Waals surface area contributed by atoms with Crippen molar-refractivity contribution in [3.63, 3.8) is 0 Å². The molecule has 0 aromatic rings. The fraction of sp³-hybridized carbons (Fsp3) is 0.983. The highest BCUT2D eigenvalue weighted by molar-refractivity contribution is 8.13. The molecular weight excluding hydrogens is 843 g/mol. The van der Waals surface area contributed by atoms with E-state index in [2.05, 4.69) is 40.1 Å². The Morgan fingerprint density at radius 2 is 0.682 bits per heavy atom. The van der Waals surface area contributed by atoms with E-state index in [-0.39, 0.29) is 5.54 Å². The van der Waals surface area contributed by atoms with Gasteiger partial charge in [0.2, 0.25) is 0 Å². The molecule has 0 radical (unpaired) electrons. The largest absolute Gasteiger partial charge is 0.397 e. The van der Waals surface area contributed by atoms with Crippen LogP contribution >= 0.6 is 11.8 Å². The van der Waals surface area contributed by atoms with Gasteiger partial charge in [-0.2, -0.15) is 0 Å². The average Bonchev–Trinajstić information content (AvgIpc) is 3.32. The molecule has 0 aliphatic heterocycles. The van der Waals surface area contributed by atoms with Crippen LogP contribution in [0.5, 0.6) is 0 Å². The summed E-state index contributed by atoms with van der Waals surface area (Å²) in [6, 6.07) is 1.00. The maximum absolute atomic E-state index is 12.7. The van der Waals surface area contributed by atoms with Gasteiger partial charge >= 0.3 is 9.28 Å². The van der Waals surface area contributed by atoms with Crippen molar-refractivity contribution in [2.24, 2.45) is 0 Å². The van der Waals surface area contributed by atoms with Gasteiger partial charge in [0.05, 0.1) is 6.61 Å². The first kappa shape index (κ1) is 66.1. The van der Waals surface area contributed by atoms with Crippen LogP contribution in [0, 0.1) is 0 Å². The first-order valence-corrected chi connectivity index (χ1v) is 33.4. The number of carbonyl (C=O) groups excluding carboxylic acids is 1. The van der Waals surface area contributed by atoms with Gasteiger partial charge in [0.15, 0.2) is 5.12 Å². The quantitative estimate of drug-likeness (QED) is 0.0486. The molecule has 0 spiro atoms. The Kier molecular flexibility index (Phi) is 56.1. The van der Waals surface area contributed by atoms with Crippen LogP contribution in [0.3, 0.4) is 0 Å². The van der Waals surface area contributed by atoms with Gasteiger partial charge in [-0.25, -0.2) is 0 Å². The second kappa shape index (κ2) is 56.0. The van der Waals surface area contributed by atoms with Crippen LogP contribution in [0.15, 0.2) is 0 Å². The van der Waals surface area contributed by atoms with E-state index in [1.54, 1.807) is 11.8 Å². The molecule has 396 valence electrons. The Balaban J connectivity index is 4.56. The Hall–Kier alpha value is 0.117. The van der Waals surface area contributed by atoms with Crippen molar-refractivity contribution in [1.29, 1.82) is 0 Å². The van der Waals surface area contributed by atoms with E-state index in [4.69, 9.17) is 8.85 Å². The summed E-state index contributed by atoms with van der Waals surface area (Å²) in [5.41, 5.74) is 0.0486. The van der Waals surface area contributed by atoms with Crippen LogP contribution in [0.1, 0.15) is 342 Å². The Bertz CT molecular complexity index is 886. The predicted molar refractivity (Wildman–Crippen MR) is 302 cm³/mol. The van der Waals surface area contributed by atoms with E-state index in [0.717, 1.165) is 44.3 Å². The van der Waals surface area contributed by atoms with Crippen molar-refractivity contribution < 1.29 is 13.6 Å². The molecule has 0 bridgehead atoms. The summed E-state index contributed by atoms with van der Waals surface area (Å²) in [7, 11) is 0.405. The fourth-order valence-electron chi connectivity index (χ4n) is 10.1. The molecule has 0 saturated carbocycles. The predicted octanol–water partition coefficient (Wildman–Crippen LogP) is 20.7. The lowest BCUT2D eigenvalue weighted by Gasteiger charge is -2.35. The van der Waals surface area contributed by atoms with Crippen molar-refractivity contribution in [2.45, 2.75) is 354 Å². The van der Waals surface area contributed by atoms with Gasteiger partial charge in [-0.15, -0.1) is 0 Å². The van der Waals surface area contributed by atoms with Crippen LogP contribution in [0.4, 0.5) is 0 Å². The number of likely N-dealkylation sites (N-methyl/N-ethyl adjacent to an activating group) is 1. The van der Waals surface area contributed by atoms with Crippen molar-refractivity contribution in [1.82, 2.24) is 5.32 Å². The SMILES string of the molecule is CCCCCCCCCCCCCCCCCCC(CCCCCCCCCCCCCCCCCC)(CO[SiH](CCCSC(=O)CCCCCCCCCCCCCCC)OCC)NC. The molecule has 0 aliphatic carbocycles. The summed E-state index contributed by atoms with van der Waals surface area (Å²) in [6.45, 7) is 10.5. The molecule has 0 aliphatic rings. The number of rotatable bonds is 58. The zero-order chi connectivity index (χ0) is 48.0. The summed E-state index contributed by atoms with van der Waals surface area (Å²) in [6.07, 6.45) is 67.0. The van der Waals surface area contributed by atoms with E-state index < -0.39 is 9.28 Å². The zero-order valence-electron chi connectivity index (χ0n) is 46.2. The topological polar surface area (TPSA) is 47.6 Å². The number of carbonyl (C=O) groups is 1. The van der Waals surface area contributed by atoms with Crippen LogP contribution in [-0.4, -0.2) is 46.0 Å². The van der Waals surface area contributed by atoms with Gasteiger partial charge in [0.1, 0.15) is 0 Å². The standard InChI is InChI=1S/C60H123NO3SSi/c1-6-10-13-16-19-22-25-28-30-32-35-38-41-44-47-50-54-60(61-5,55-51-48-45-42-39-36-33-31-29-26-23-20-17-14-11-7-2)58-64-66(63-9-4)57-52-56-65-59(62)53-49-46-43-40-37-34-27-24-21-18-15-12-8-3/h61,66H,6-58H2,1-5H3. The minimum atomic E-state index is -1.79. The number of unbranched alkanes of at least 4 members (excludes halogenated alkanes) is 42. The van der Waals surface area contributed by atoms with Crippen LogP contribution in [0.25, 0.3) is 0 Å². The fourth-order valence-corrected chi connectivity index (χ4v) is 13.0. The highest BCUT2D eigenvalue weighted by atomic mass is 32.2. The van der Waals surface area contributed by atoms with Crippen LogP contribution in [-0.2, 0) is 13.6 Å². The maximum Gasteiger partial charge on any atom is 0.321 e. The molecule has 1 unspecified atom stereocenters. The number of hydrogen-bond donors (Lipinski definition) is 1. The van der Waals surface area contributed by atoms with Gasteiger partial charge in [-0.3, -0.25) is 4.79 Å². The number of thioether (sulfide) groups is 1. The molecule has 0 amide bonds. The smallest absolute Gasteiger partial charge is 0.321 e. The molecule has 0 rings (SSSR count). The molecule has 66 heavy (non-hydrogen) atoms. The molecule has 0 aromatic carbocycles. The summed E-state index contributed by atoms with van der Waals surface area (Å²) < 4.78 is 13.1. The minimum Gasteiger partial charge on any atom is -0.397 e. The lowest BCUT2D eigenvalue weighted by molar-refractivity contribution is -0.111. The lowest BCUT2D eigenvalue weighted by Crippen LogP contribution is -2.49. The number of hydrogen-bond acceptors (Lipinski definition) is 5. The lowest BCUT2D eigenvalue weighted by atomic mass is 9.87. The molecule has 1 N–H and O–H groups in total. The Morgan fingerprint density at radius 3 is 0.970 bits per heavy atom. The van der Waals surface area contributed by atoms with E-state index in [1.165, 1.54) is 295 Å². The third kappa shape index (κ3) is 49.1. The normalized spacial score (nSPS) is 12.4. The summed E-state index contributed by atoms with van der Waals surface area (Å²) in [5.74, 6) is 0.909. The molecular formula is C60H123NO3SSi. The molecule has 0 fully saturated rings. The van der Waals surface area contributed by atoms with Gasteiger partial charge < -0.3 is 14.2 Å². The summed E-state index contributed by atoms with van der Waals surface area (Å²) in [4.78, 5) is 12.7. The second-order valence-electron chi connectivity index (χ2n) is 21.2. The van der Waals surface area contributed by atoms with E-state index in [0.29, 0.717) is 5.12 Å². The molecule has 0 aromatic heterocycles. The summed E-state index contributed by atoms with van der Waals surface area (Å²) in [5, 5.41) is 4.23. The minimum absolute atomic E-state index is 0.0486. The van der Waals surface area contributed by atoms with Gasteiger partial charge in [0.25, 0.3) is 0 Å². The molecule has 0 heterocycles. The monoisotopic (exact) mass is 966 g/mol. The van der Waals surface area contributed by atoms with Crippen molar-refractivity contribution in [3.05, 3.63) is 0 Å². The van der Waals surface area contributed by atoms with Gasteiger partial charge in [0, 0.05) is 24.3 Å². The number of nitrogens with one attached hydrogen (secondary N) is 1.